The maximum absolute atomic E-state index is 12.7. The highest BCUT2D eigenvalue weighted by Gasteiger charge is 2.26. The number of H-pyrrole nitrogens is 1. The van der Waals surface area contributed by atoms with Crippen LogP contribution in [0.3, 0.4) is 0 Å². The van der Waals surface area contributed by atoms with Gasteiger partial charge in [-0.25, -0.2) is 0 Å². The average Bonchev–Trinajstić information content (AvgIpc) is 3.06. The standard InChI is InChI=1S/C20H21N3O/c1-14-5-2-3-6-16(14)20(24)23-11-8-15(9-12-23)17-13-22-18-7-4-10-21-19(17)18/h2-7,10,13,15,22H,8-9,11-12H2,1H3. The molecule has 1 fully saturated rings. The molecular formula is C20H21N3O. The predicted octanol–water partition coefficient (Wildman–Crippen LogP) is 3.89. The summed E-state index contributed by atoms with van der Waals surface area (Å²) in [7, 11) is 0. The molecule has 4 nitrogen and oxygen atoms in total. The first-order valence-electron chi connectivity index (χ1n) is 8.51. The molecule has 2 aromatic heterocycles. The van der Waals surface area contributed by atoms with Crippen LogP contribution in [0, 0.1) is 6.92 Å². The van der Waals surface area contributed by atoms with Crippen LogP contribution in [0.15, 0.2) is 48.8 Å². The lowest BCUT2D eigenvalue weighted by molar-refractivity contribution is 0.0712. The molecule has 1 saturated heterocycles. The van der Waals surface area contributed by atoms with Crippen LogP contribution in [0.2, 0.25) is 0 Å². The number of amides is 1. The highest BCUT2D eigenvalue weighted by molar-refractivity contribution is 5.95. The number of carbonyl (C=O) groups excluding carboxylic acids is 1. The molecule has 1 aliphatic rings. The van der Waals surface area contributed by atoms with Crippen molar-refractivity contribution in [1.82, 2.24) is 14.9 Å². The van der Waals surface area contributed by atoms with Gasteiger partial charge in [0, 0.05) is 31.0 Å². The Labute approximate surface area is 141 Å². The Bertz CT molecular complexity index is 875. The lowest BCUT2D eigenvalue weighted by Crippen LogP contribution is -2.38. The van der Waals surface area contributed by atoms with Crippen molar-refractivity contribution >= 4 is 16.9 Å². The summed E-state index contributed by atoms with van der Waals surface area (Å²) < 4.78 is 0. The monoisotopic (exact) mass is 319 g/mol. The lowest BCUT2D eigenvalue weighted by atomic mass is 9.90. The Morgan fingerprint density at radius 1 is 1.17 bits per heavy atom. The van der Waals surface area contributed by atoms with E-state index in [4.69, 9.17) is 0 Å². The van der Waals surface area contributed by atoms with Gasteiger partial charge in [0.25, 0.3) is 5.91 Å². The quantitative estimate of drug-likeness (QED) is 0.779. The van der Waals surface area contributed by atoms with Crippen molar-refractivity contribution in [2.75, 3.05) is 13.1 Å². The molecule has 1 aliphatic heterocycles. The number of benzene rings is 1. The maximum atomic E-state index is 12.7. The van der Waals surface area contributed by atoms with Crippen LogP contribution in [0.1, 0.15) is 40.2 Å². The summed E-state index contributed by atoms with van der Waals surface area (Å²) in [6.07, 6.45) is 5.90. The highest BCUT2D eigenvalue weighted by Crippen LogP contribution is 2.32. The van der Waals surface area contributed by atoms with E-state index in [-0.39, 0.29) is 5.91 Å². The number of fused-ring (bicyclic) bond motifs is 1. The number of hydrogen-bond acceptors (Lipinski definition) is 2. The zero-order valence-electron chi connectivity index (χ0n) is 13.8. The molecule has 0 radical (unpaired) electrons. The minimum atomic E-state index is 0.156. The number of aryl methyl sites for hydroxylation is 1. The molecule has 4 heteroatoms. The van der Waals surface area contributed by atoms with Crippen molar-refractivity contribution < 1.29 is 4.79 Å². The fourth-order valence-corrected chi connectivity index (χ4v) is 3.66. The number of nitrogens with zero attached hydrogens (tertiary/aromatic N) is 2. The molecule has 3 heterocycles. The van der Waals surface area contributed by atoms with Crippen molar-refractivity contribution in [2.24, 2.45) is 0 Å². The van der Waals surface area contributed by atoms with E-state index in [0.717, 1.165) is 48.1 Å². The first kappa shape index (κ1) is 14.9. The first-order valence-corrected chi connectivity index (χ1v) is 8.51. The third-order valence-corrected chi connectivity index (χ3v) is 5.06. The Hall–Kier alpha value is -2.62. The molecule has 0 spiro atoms. The van der Waals surface area contributed by atoms with E-state index in [1.54, 1.807) is 0 Å². The summed E-state index contributed by atoms with van der Waals surface area (Å²) >= 11 is 0. The van der Waals surface area contributed by atoms with Gasteiger partial charge in [-0.1, -0.05) is 18.2 Å². The van der Waals surface area contributed by atoms with Crippen LogP contribution in [-0.4, -0.2) is 33.9 Å². The molecule has 0 saturated carbocycles. The topological polar surface area (TPSA) is 49.0 Å². The minimum absolute atomic E-state index is 0.156. The molecule has 3 aromatic rings. The molecule has 1 aromatic carbocycles. The zero-order valence-corrected chi connectivity index (χ0v) is 13.8. The Morgan fingerprint density at radius 2 is 1.96 bits per heavy atom. The summed E-state index contributed by atoms with van der Waals surface area (Å²) in [5, 5.41) is 0. The number of pyridine rings is 1. The van der Waals surface area contributed by atoms with Crippen LogP contribution < -0.4 is 0 Å². The van der Waals surface area contributed by atoms with Crippen molar-refractivity contribution in [3.8, 4) is 0 Å². The lowest BCUT2D eigenvalue weighted by Gasteiger charge is -2.32. The predicted molar refractivity (Wildman–Crippen MR) is 95.2 cm³/mol. The van der Waals surface area contributed by atoms with Crippen molar-refractivity contribution in [1.29, 1.82) is 0 Å². The third kappa shape index (κ3) is 2.58. The van der Waals surface area contributed by atoms with Crippen LogP contribution in [0.25, 0.3) is 11.0 Å². The number of piperidine rings is 1. The maximum Gasteiger partial charge on any atom is 0.254 e. The van der Waals surface area contributed by atoms with E-state index in [1.807, 2.05) is 48.4 Å². The van der Waals surface area contributed by atoms with E-state index in [0.29, 0.717) is 5.92 Å². The van der Waals surface area contributed by atoms with Gasteiger partial charge >= 0.3 is 0 Å². The molecule has 0 unspecified atom stereocenters. The zero-order chi connectivity index (χ0) is 16.5. The van der Waals surface area contributed by atoms with Gasteiger partial charge in [-0.3, -0.25) is 9.78 Å². The number of aromatic nitrogens is 2. The summed E-state index contributed by atoms with van der Waals surface area (Å²) in [6.45, 7) is 3.60. The van der Waals surface area contributed by atoms with Gasteiger partial charge in [0.2, 0.25) is 0 Å². The Kier molecular flexibility index (Phi) is 3.81. The summed E-state index contributed by atoms with van der Waals surface area (Å²) in [5.74, 6) is 0.623. The highest BCUT2D eigenvalue weighted by atomic mass is 16.2. The van der Waals surface area contributed by atoms with Gasteiger partial charge in [0.15, 0.2) is 0 Å². The van der Waals surface area contributed by atoms with E-state index >= 15 is 0 Å². The second-order valence-corrected chi connectivity index (χ2v) is 6.52. The fraction of sp³-hybridized carbons (Fsp3) is 0.300. The smallest absolute Gasteiger partial charge is 0.254 e. The number of carbonyl (C=O) groups is 1. The molecule has 24 heavy (non-hydrogen) atoms. The van der Waals surface area contributed by atoms with Gasteiger partial charge in [-0.15, -0.1) is 0 Å². The number of rotatable bonds is 2. The van der Waals surface area contributed by atoms with E-state index < -0.39 is 0 Å². The van der Waals surface area contributed by atoms with Crippen LogP contribution in [0.4, 0.5) is 0 Å². The first-order chi connectivity index (χ1) is 11.7. The van der Waals surface area contributed by atoms with E-state index in [1.165, 1.54) is 5.56 Å². The average molecular weight is 319 g/mol. The fourth-order valence-electron chi connectivity index (χ4n) is 3.66. The normalized spacial score (nSPS) is 15.8. The number of likely N-dealkylation sites (tertiary alicyclic amines) is 1. The summed E-state index contributed by atoms with van der Waals surface area (Å²) in [6, 6.07) is 11.8. The molecule has 0 bridgehead atoms. The summed E-state index contributed by atoms with van der Waals surface area (Å²) in [4.78, 5) is 22.5. The molecular weight excluding hydrogens is 298 g/mol. The molecule has 4 rings (SSSR count). The van der Waals surface area contributed by atoms with Crippen LogP contribution in [0.5, 0.6) is 0 Å². The second-order valence-electron chi connectivity index (χ2n) is 6.52. The number of hydrogen-bond donors (Lipinski definition) is 1. The van der Waals surface area contributed by atoms with Gasteiger partial charge in [0.05, 0.1) is 11.0 Å². The van der Waals surface area contributed by atoms with E-state index in [9.17, 15) is 4.79 Å². The molecule has 122 valence electrons. The number of nitrogens with one attached hydrogen (secondary N) is 1. The second kappa shape index (κ2) is 6.11. The van der Waals surface area contributed by atoms with E-state index in [2.05, 4.69) is 22.2 Å². The van der Waals surface area contributed by atoms with Crippen molar-refractivity contribution in [2.45, 2.75) is 25.7 Å². The summed E-state index contributed by atoms with van der Waals surface area (Å²) in [5.41, 5.74) is 5.32. The molecule has 1 amide bonds. The SMILES string of the molecule is Cc1ccccc1C(=O)N1CCC(c2c[nH]c3cccnc23)CC1. The van der Waals surface area contributed by atoms with Crippen molar-refractivity contribution in [3.63, 3.8) is 0 Å². The molecule has 0 aliphatic carbocycles. The number of aromatic amines is 1. The van der Waals surface area contributed by atoms with Crippen LogP contribution >= 0.6 is 0 Å². The Morgan fingerprint density at radius 3 is 2.75 bits per heavy atom. The van der Waals surface area contributed by atoms with Crippen molar-refractivity contribution in [3.05, 3.63) is 65.5 Å². The third-order valence-electron chi connectivity index (χ3n) is 5.06. The van der Waals surface area contributed by atoms with Crippen LogP contribution in [-0.2, 0) is 0 Å². The molecule has 0 atom stereocenters. The largest absolute Gasteiger partial charge is 0.360 e. The Balaban J connectivity index is 1.49. The molecule has 1 N–H and O–H groups in total. The minimum Gasteiger partial charge on any atom is -0.360 e. The van der Waals surface area contributed by atoms with Gasteiger partial charge < -0.3 is 9.88 Å². The van der Waals surface area contributed by atoms with Gasteiger partial charge in [0.1, 0.15) is 0 Å². The van der Waals surface area contributed by atoms with Gasteiger partial charge in [-0.05, 0) is 55.0 Å². The van der Waals surface area contributed by atoms with Gasteiger partial charge in [-0.2, -0.15) is 0 Å².